The number of amides is 12. The molecule has 4 rings (SSSR count). The molecule has 0 aromatic heterocycles. The zero-order chi connectivity index (χ0) is 81.1. The molecule has 35 heteroatoms. The average Bonchev–Trinajstić information content (AvgIpc) is 0.805. The predicted molar refractivity (Wildman–Crippen MR) is 394 cm³/mol. The number of ether oxygens (including phenoxy) is 3. The molecule has 15 atom stereocenters. The highest BCUT2D eigenvalue weighted by Crippen LogP contribution is 2.29. The molecular weight excluding hydrogens is 1410 g/mol. The summed E-state index contributed by atoms with van der Waals surface area (Å²) in [7, 11) is 0. The maximum Gasteiger partial charge on any atom is 0.408 e. The maximum atomic E-state index is 15.9. The van der Waals surface area contributed by atoms with Crippen LogP contribution in [0, 0.1) is 23.7 Å². The Labute approximate surface area is 629 Å². The van der Waals surface area contributed by atoms with Gasteiger partial charge in [0.1, 0.15) is 71.3 Å². The molecule has 1 saturated carbocycles. The largest absolute Gasteiger partial charge is 0.488 e. The molecule has 602 valence electrons. The summed E-state index contributed by atoms with van der Waals surface area (Å²) in [5.41, 5.74) is 15.2. The molecule has 35 nitrogen and oxygen atoms in total. The molecule has 0 radical (unpaired) electrons. The third kappa shape index (κ3) is 30.1. The van der Waals surface area contributed by atoms with Gasteiger partial charge in [-0.25, -0.2) is 9.59 Å². The Morgan fingerprint density at radius 1 is 0.630 bits per heavy atom. The Bertz CT molecular complexity index is 3410. The van der Waals surface area contributed by atoms with Crippen LogP contribution in [0.15, 0.2) is 59.6 Å². The number of hydrogen-bond donors (Lipinski definition) is 18. The molecule has 1 aliphatic carbocycles. The Morgan fingerprint density at radius 2 is 1.20 bits per heavy atom. The average molecular weight is 1520 g/mol. The van der Waals surface area contributed by atoms with Crippen molar-refractivity contribution in [1.29, 1.82) is 0 Å². The van der Waals surface area contributed by atoms with Crippen LogP contribution in [0.5, 0.6) is 5.75 Å². The van der Waals surface area contributed by atoms with Gasteiger partial charge in [-0.15, -0.1) is 0 Å². The summed E-state index contributed by atoms with van der Waals surface area (Å²) in [5, 5.41) is 71.9. The standard InChI is InChI=1S/C73H115N15O20/c1-14-39(6)51-65(100)86-52(40(7)90)64(99)78-35-50(91)84-54(57(93)59(74)94)67(102)82-49(36-89)69(104)106-58(43-24-19-16-20-25-43)55(68(103)87-53(56(92)38(4)5)66(101)81-46(32-37(2)3)61(96)79-45(60(95)85-51)26-21-31-77-70(75)76)88-63(98)47(34-42-27-29-44(30-28-42)107-72(8,9)10)80-62(97)48(33-41-22-17-15-18-23-41)83-71(105)108-73(11,12)13/h16,19-20,24-25,27-30,37-41,45-49,51-58,89-90,92-93H,14-15,17-18,21-23,26,31-36H2,1-13H3,(H2,74,94)(H,78,99)(H,79,96)(H,80,97)(H,81,101)(H,82,102)(H,83,105)(H,84,91)(H,85,95)(H,86,100)(H,87,103)(H,88,98)(H4,75,76,77)/t39-,40-,45+,46-,47-,48-,49-,51-,52-,53-,54-,55-,56+,57-,58+/m0/s1. The molecule has 0 spiro atoms. The topological polar surface area (TPSA) is 553 Å². The lowest BCUT2D eigenvalue weighted by Gasteiger charge is -2.34. The van der Waals surface area contributed by atoms with E-state index in [9.17, 15) is 63.6 Å². The minimum Gasteiger partial charge on any atom is -0.488 e. The number of guanidine groups is 1. The van der Waals surface area contributed by atoms with Crippen molar-refractivity contribution in [2.45, 2.75) is 257 Å². The van der Waals surface area contributed by atoms with Gasteiger partial charge in [-0.3, -0.25) is 57.7 Å². The van der Waals surface area contributed by atoms with Crippen LogP contribution >= 0.6 is 0 Å². The molecule has 0 unspecified atom stereocenters. The van der Waals surface area contributed by atoms with E-state index in [1.54, 1.807) is 72.7 Å². The SMILES string of the molecule is CC[C@H](C)[C@@H]1NC(=O)[C@@H](CCCN=C(N)N)NC(=O)[C@H](CC(C)C)NC(=O)[C@H]([C@H](O)C(C)C)NC(=O)[C@@H](NC(=O)[C@H](Cc2ccc(OC(C)(C)C)cc2)NC(=O)[C@H](CC2CCCCC2)NC(=O)OC(C)(C)C)[C@@H](c2ccccc2)OC(=O)[C@H](CO)NC(=O)[C@H]([C@H](O)C(N)=O)NC(=O)CNC(=O)[C@H]([C@H](C)O)NC1=O. The first kappa shape index (κ1) is 90.7. The van der Waals surface area contributed by atoms with Crippen LogP contribution in [-0.2, 0) is 73.4 Å². The number of cyclic esters (lactones) is 1. The monoisotopic (exact) mass is 1520 g/mol. The number of nitrogens with zero attached hydrogens (tertiary/aromatic N) is 1. The number of carbonyl (C=O) groups is 13. The van der Waals surface area contributed by atoms with Crippen molar-refractivity contribution in [2.75, 3.05) is 19.7 Å². The quantitative estimate of drug-likeness (QED) is 0.0231. The number of aliphatic imine (C=N–C) groups is 1. The van der Waals surface area contributed by atoms with E-state index in [1.807, 2.05) is 26.1 Å². The molecule has 2 aromatic carbocycles. The van der Waals surface area contributed by atoms with E-state index >= 15 is 19.2 Å². The zero-order valence-corrected chi connectivity index (χ0v) is 64.0. The molecule has 2 aromatic rings. The van der Waals surface area contributed by atoms with Gasteiger partial charge in [0, 0.05) is 13.0 Å². The normalized spacial score (nSPS) is 23.7. The summed E-state index contributed by atoms with van der Waals surface area (Å²) in [6, 6.07) is -5.34. The van der Waals surface area contributed by atoms with Crippen LogP contribution in [0.3, 0.4) is 0 Å². The number of carbonyl (C=O) groups excluding carboxylic acids is 13. The highest BCUT2D eigenvalue weighted by molar-refractivity contribution is 6.00. The van der Waals surface area contributed by atoms with E-state index in [1.165, 1.54) is 44.2 Å². The first-order chi connectivity index (χ1) is 50.5. The summed E-state index contributed by atoms with van der Waals surface area (Å²) in [4.78, 5) is 193. The molecule has 108 heavy (non-hydrogen) atoms. The van der Waals surface area contributed by atoms with Crippen LogP contribution in [0.2, 0.25) is 0 Å². The Morgan fingerprint density at radius 3 is 1.76 bits per heavy atom. The lowest BCUT2D eigenvalue weighted by molar-refractivity contribution is -0.159. The number of hydrogen-bond acceptors (Lipinski definition) is 21. The van der Waals surface area contributed by atoms with E-state index in [4.69, 9.17) is 31.4 Å². The van der Waals surface area contributed by atoms with Crippen molar-refractivity contribution in [1.82, 2.24) is 58.5 Å². The summed E-state index contributed by atoms with van der Waals surface area (Å²) >= 11 is 0. The van der Waals surface area contributed by atoms with E-state index < -0.39 is 204 Å². The fourth-order valence-electron chi connectivity index (χ4n) is 11.9. The Kier molecular flexibility index (Phi) is 35.8. The number of rotatable bonds is 25. The minimum absolute atomic E-state index is 0.0221. The summed E-state index contributed by atoms with van der Waals surface area (Å²) < 4.78 is 17.7. The number of aliphatic hydroxyl groups excluding tert-OH is 4. The molecule has 2 fully saturated rings. The lowest BCUT2D eigenvalue weighted by atomic mass is 9.84. The molecule has 1 aliphatic heterocycles. The number of benzene rings is 2. The number of nitrogens with one attached hydrogen (secondary N) is 11. The highest BCUT2D eigenvalue weighted by Gasteiger charge is 2.44. The number of primary amides is 1. The van der Waals surface area contributed by atoms with Crippen molar-refractivity contribution >= 4 is 83.0 Å². The maximum absolute atomic E-state index is 15.9. The van der Waals surface area contributed by atoms with Crippen LogP contribution in [0.1, 0.15) is 171 Å². The van der Waals surface area contributed by atoms with E-state index in [-0.39, 0.29) is 62.5 Å². The molecular formula is C73H115N15O20. The predicted octanol–water partition coefficient (Wildman–Crippen LogP) is -1.57. The lowest BCUT2D eigenvalue weighted by Crippen LogP contribution is -2.64. The molecule has 12 amide bonds. The molecule has 1 heterocycles. The van der Waals surface area contributed by atoms with E-state index in [2.05, 4.69) is 58.2 Å². The zero-order valence-electron chi connectivity index (χ0n) is 64.0. The number of aliphatic hydroxyl groups is 4. The molecule has 21 N–H and O–H groups in total. The van der Waals surface area contributed by atoms with Crippen molar-refractivity contribution in [3.05, 3.63) is 65.7 Å². The van der Waals surface area contributed by atoms with Gasteiger partial charge in [0.25, 0.3) is 0 Å². The van der Waals surface area contributed by atoms with Gasteiger partial charge in [-0.2, -0.15) is 0 Å². The van der Waals surface area contributed by atoms with E-state index in [0.717, 1.165) is 26.2 Å². The van der Waals surface area contributed by atoms with Crippen molar-refractivity contribution in [3.63, 3.8) is 0 Å². The van der Waals surface area contributed by atoms with E-state index in [0.29, 0.717) is 24.2 Å². The third-order valence-corrected chi connectivity index (χ3v) is 17.8. The Balaban J connectivity index is 2.07. The van der Waals surface area contributed by atoms with Gasteiger partial charge in [0.15, 0.2) is 24.2 Å². The van der Waals surface area contributed by atoms with Gasteiger partial charge in [-0.1, -0.05) is 123 Å². The summed E-state index contributed by atoms with van der Waals surface area (Å²) in [6.07, 6.45) is -5.68. The first-order valence-electron chi connectivity index (χ1n) is 36.6. The van der Waals surface area contributed by atoms with Crippen LogP contribution in [-0.4, -0.2) is 213 Å². The smallest absolute Gasteiger partial charge is 0.408 e. The fourth-order valence-corrected chi connectivity index (χ4v) is 11.9. The Hall–Kier alpha value is -9.74. The van der Waals surface area contributed by atoms with Crippen LogP contribution in [0.25, 0.3) is 0 Å². The fraction of sp³-hybridized carbons (Fsp3) is 0.644. The number of nitrogens with two attached hydrogens (primary N) is 3. The van der Waals surface area contributed by atoms with Gasteiger partial charge in [0.05, 0.1) is 25.4 Å². The molecule has 1 saturated heterocycles. The molecule has 0 bridgehead atoms. The van der Waals surface area contributed by atoms with Crippen molar-refractivity contribution in [2.24, 2.45) is 45.9 Å². The van der Waals surface area contributed by atoms with Gasteiger partial charge in [0.2, 0.25) is 65.0 Å². The van der Waals surface area contributed by atoms with Crippen LogP contribution < -0.4 is 80.4 Å². The third-order valence-electron chi connectivity index (χ3n) is 17.8. The second kappa shape index (κ2) is 42.7. The highest BCUT2D eigenvalue weighted by atomic mass is 16.6. The van der Waals surface area contributed by atoms with Crippen molar-refractivity contribution in [3.8, 4) is 5.75 Å². The number of alkyl carbamates (subject to hydrolysis) is 1. The number of esters is 1. The second-order valence-electron chi connectivity index (χ2n) is 30.2. The summed E-state index contributed by atoms with van der Waals surface area (Å²) in [6.45, 7) is 18.5. The summed E-state index contributed by atoms with van der Waals surface area (Å²) in [5.74, 6) is -17.2. The molecule has 2 aliphatic rings. The second-order valence-corrected chi connectivity index (χ2v) is 30.2. The van der Waals surface area contributed by atoms with Gasteiger partial charge in [-0.05, 0) is 121 Å². The first-order valence-corrected chi connectivity index (χ1v) is 36.6. The van der Waals surface area contributed by atoms with Crippen molar-refractivity contribution < 1.29 is 97.0 Å². The minimum atomic E-state index is -2.62. The van der Waals surface area contributed by atoms with Crippen LogP contribution in [0.4, 0.5) is 4.79 Å². The van der Waals surface area contributed by atoms with Gasteiger partial charge < -0.3 is 110 Å². The van der Waals surface area contributed by atoms with Gasteiger partial charge >= 0.3 is 12.1 Å².